The lowest BCUT2D eigenvalue weighted by Gasteiger charge is -2.06. The molecular weight excluding hydrogens is 55.3 g/mol. The third-order valence-corrected chi connectivity index (χ3v) is 0. The van der Waals surface area contributed by atoms with Crippen molar-refractivity contribution in [2.45, 2.75) is 5.01 Å². The van der Waals surface area contributed by atoms with Crippen LogP contribution in [0.25, 0.3) is 0 Å². The van der Waals surface area contributed by atoms with Gasteiger partial charge in [-0.3, -0.25) is 0 Å². The molecule has 0 nitrogen and oxygen atoms in total. The van der Waals surface area contributed by atoms with Crippen molar-refractivity contribution in [2.75, 3.05) is 0 Å². The van der Waals surface area contributed by atoms with E-state index in [1.807, 2.05) is 0 Å². The van der Waals surface area contributed by atoms with E-state index in [0.29, 0.717) is 0 Å². The minimum atomic E-state index is -1.50. The number of hydrogen-bond acceptors (Lipinski definition) is 0. The molecule has 0 aliphatic heterocycles. The third-order valence-electron chi connectivity index (χ3n) is 0. The molecule has 0 N–H and O–H groups in total. The molecule has 0 aromatic heterocycles. The van der Waals surface area contributed by atoms with E-state index in [4.69, 9.17) is 0 Å². The van der Waals surface area contributed by atoms with E-state index < -0.39 is 5.01 Å². The van der Waals surface area contributed by atoms with Gasteiger partial charge in [0.1, 0.15) is 0 Å². The lowest BCUT2D eigenvalue weighted by atomic mass is 9.33. The second-order valence-corrected chi connectivity index (χ2v) is 1.00. The van der Waals surface area contributed by atoms with Crippen LogP contribution in [0.1, 0.15) is 0 Å². The van der Waals surface area contributed by atoms with Crippen molar-refractivity contribution >= 4 is 31.4 Å². The van der Waals surface area contributed by atoms with Crippen LogP contribution in [0.5, 0.6) is 0 Å². The molecule has 0 rings (SSSR count). The van der Waals surface area contributed by atoms with E-state index in [-0.39, 0.29) is 0 Å². The van der Waals surface area contributed by atoms with Gasteiger partial charge in [-0.25, -0.2) is 0 Å². The summed E-state index contributed by atoms with van der Waals surface area (Å²) in [4.78, 5) is 0. The molecule has 16 valence electrons. The smallest absolute Gasteiger partial charge is 0.0410 e. The molecule has 0 aromatic rings. The Balaban J connectivity index is 3.02. The lowest BCUT2D eigenvalue weighted by molar-refractivity contribution is 1.71. The molecule has 0 aliphatic carbocycles. The van der Waals surface area contributed by atoms with Crippen molar-refractivity contribution in [3.05, 3.63) is 0 Å². The fourth-order valence-corrected chi connectivity index (χ4v) is 0. The van der Waals surface area contributed by atoms with Crippen molar-refractivity contribution in [3.8, 4) is 0 Å². The second kappa shape index (κ2) is 1.16. The summed E-state index contributed by atoms with van der Waals surface area (Å²) in [6, 6.07) is 0. The molecule has 5 heavy (non-hydrogen) atoms. The van der Waals surface area contributed by atoms with Crippen molar-refractivity contribution < 1.29 is 0 Å². The zero-order valence-corrected chi connectivity index (χ0v) is 2.81. The molecule has 8 radical (unpaired) electrons. The molecule has 0 heterocycles. The summed E-state index contributed by atoms with van der Waals surface area (Å²) < 4.78 is 0. The standard InChI is InChI=1S/CB4/c2-1(3,4)5. The molecule has 0 spiro atoms. The van der Waals surface area contributed by atoms with Gasteiger partial charge in [-0.2, -0.15) is 5.01 Å². The Morgan fingerprint density at radius 2 is 0.800 bits per heavy atom. The SMILES string of the molecule is [B]C([B])([B])[B]. The Labute approximate surface area is 37.3 Å². The van der Waals surface area contributed by atoms with E-state index in [0.717, 1.165) is 0 Å². The van der Waals surface area contributed by atoms with Gasteiger partial charge in [0.05, 0.1) is 0 Å². The van der Waals surface area contributed by atoms with Crippen LogP contribution in [0, 0.1) is 0 Å². The van der Waals surface area contributed by atoms with Crippen molar-refractivity contribution in [1.29, 1.82) is 0 Å². The van der Waals surface area contributed by atoms with Crippen molar-refractivity contribution in [3.63, 3.8) is 0 Å². The molecule has 0 unspecified atom stereocenters. The van der Waals surface area contributed by atoms with E-state index in [2.05, 4.69) is 31.4 Å². The summed E-state index contributed by atoms with van der Waals surface area (Å²) in [5.41, 5.74) is 0. The Morgan fingerprint density at radius 1 is 0.800 bits per heavy atom. The van der Waals surface area contributed by atoms with Crippen LogP contribution < -0.4 is 0 Å². The van der Waals surface area contributed by atoms with Gasteiger partial charge in [0.25, 0.3) is 0 Å². The predicted octanol–water partition coefficient (Wildman–Crippen LogP) is -1.31. The number of rotatable bonds is 0. The molecule has 4 heteroatoms. The molecular formula is CB4. The van der Waals surface area contributed by atoms with E-state index in [9.17, 15) is 0 Å². The summed E-state index contributed by atoms with van der Waals surface area (Å²) in [6.07, 6.45) is 0. The van der Waals surface area contributed by atoms with Crippen LogP contribution in [-0.4, -0.2) is 31.4 Å². The highest BCUT2D eigenvalue weighted by molar-refractivity contribution is 6.74. The van der Waals surface area contributed by atoms with Gasteiger partial charge >= 0.3 is 0 Å². The first-order chi connectivity index (χ1) is 2.00. The Hall–Kier alpha value is 0.260. The molecule has 0 aromatic carbocycles. The highest BCUT2D eigenvalue weighted by Crippen LogP contribution is 1.94. The molecule has 0 saturated carbocycles. The maximum Gasteiger partial charge on any atom is 0.0410 e. The average molecular weight is 55.3 g/mol. The van der Waals surface area contributed by atoms with E-state index in [1.165, 1.54) is 0 Å². The average Bonchev–Trinajstić information content (AvgIpc) is 0.722. The quantitative estimate of drug-likeness (QED) is 0.302. The van der Waals surface area contributed by atoms with Gasteiger partial charge in [0.15, 0.2) is 0 Å². The first-order valence-corrected chi connectivity index (χ1v) is 1.15. The van der Waals surface area contributed by atoms with Crippen molar-refractivity contribution in [2.24, 2.45) is 0 Å². The molecule has 0 amide bonds. The highest BCUT2D eigenvalue weighted by Gasteiger charge is 1.94. The maximum absolute atomic E-state index is 4.69. The third kappa shape index (κ3) is 322. The highest BCUT2D eigenvalue weighted by atomic mass is 13.5. The summed E-state index contributed by atoms with van der Waals surface area (Å²) in [5, 5.41) is -1.50. The summed E-state index contributed by atoms with van der Waals surface area (Å²) in [6.45, 7) is 0. The van der Waals surface area contributed by atoms with Gasteiger partial charge in [-0.15, -0.1) is 0 Å². The summed E-state index contributed by atoms with van der Waals surface area (Å²) in [5.74, 6) is 0. The van der Waals surface area contributed by atoms with Crippen LogP contribution in [0.15, 0.2) is 0 Å². The van der Waals surface area contributed by atoms with Crippen LogP contribution >= 0.6 is 0 Å². The molecule has 0 atom stereocenters. The minimum Gasteiger partial charge on any atom is -0.164 e. The zero-order valence-electron chi connectivity index (χ0n) is 2.81. The first kappa shape index (κ1) is 5.26. The zero-order chi connectivity index (χ0) is 4.50. The largest absolute Gasteiger partial charge is 0.164 e. The van der Waals surface area contributed by atoms with Crippen molar-refractivity contribution in [1.82, 2.24) is 0 Å². The normalized spacial score (nSPS) is 11.2. The van der Waals surface area contributed by atoms with Crippen LogP contribution in [0.3, 0.4) is 0 Å². The van der Waals surface area contributed by atoms with Crippen LogP contribution in [-0.2, 0) is 0 Å². The minimum absolute atomic E-state index is 1.50. The predicted molar refractivity (Wildman–Crippen MR) is 25.7 cm³/mol. The Bertz CT molecular complexity index is 19.1. The van der Waals surface area contributed by atoms with E-state index >= 15 is 0 Å². The second-order valence-electron chi connectivity index (χ2n) is 1.00. The lowest BCUT2D eigenvalue weighted by Crippen LogP contribution is -2.10. The van der Waals surface area contributed by atoms with Crippen LogP contribution in [0.2, 0.25) is 5.01 Å². The summed E-state index contributed by atoms with van der Waals surface area (Å²) >= 11 is 0. The Morgan fingerprint density at radius 3 is 0.800 bits per heavy atom. The topological polar surface area (TPSA) is 0 Å². The van der Waals surface area contributed by atoms with E-state index in [1.54, 1.807) is 0 Å². The summed E-state index contributed by atoms with van der Waals surface area (Å²) in [7, 11) is 18.8. The van der Waals surface area contributed by atoms with Gasteiger partial charge in [0, 0.05) is 31.4 Å². The van der Waals surface area contributed by atoms with Gasteiger partial charge in [0.2, 0.25) is 0 Å². The van der Waals surface area contributed by atoms with Gasteiger partial charge in [-0.05, 0) is 0 Å². The molecule has 0 fully saturated rings. The Kier molecular flexibility index (Phi) is 1.22. The molecule has 0 bridgehead atoms. The fourth-order valence-electron chi connectivity index (χ4n) is 0. The first-order valence-electron chi connectivity index (χ1n) is 1.15. The van der Waals surface area contributed by atoms with Crippen LogP contribution in [0.4, 0.5) is 0 Å². The number of hydrogen-bond donors (Lipinski definition) is 0. The molecule has 0 aliphatic rings. The van der Waals surface area contributed by atoms with Gasteiger partial charge < -0.3 is 0 Å². The fraction of sp³-hybridized carbons (Fsp3) is 1.00. The van der Waals surface area contributed by atoms with Gasteiger partial charge in [-0.1, -0.05) is 0 Å². The monoisotopic (exact) mass is 56.0 g/mol. The maximum atomic E-state index is 4.69. The molecule has 0 saturated heterocycles.